The summed E-state index contributed by atoms with van der Waals surface area (Å²) in [6, 6.07) is 5.60. The molecule has 2 bridgehead atoms. The highest BCUT2D eigenvalue weighted by Crippen LogP contribution is 2.66. The molecule has 5 aliphatic rings. The van der Waals surface area contributed by atoms with Gasteiger partial charge >= 0.3 is 6.09 Å². The third kappa shape index (κ3) is 4.39. The number of anilines is 1. The summed E-state index contributed by atoms with van der Waals surface area (Å²) < 4.78 is 52.2. The van der Waals surface area contributed by atoms with Crippen molar-refractivity contribution in [2.24, 2.45) is 17.8 Å². The zero-order valence-electron chi connectivity index (χ0n) is 22.3. The summed E-state index contributed by atoms with van der Waals surface area (Å²) in [5.41, 5.74) is 0.908. The summed E-state index contributed by atoms with van der Waals surface area (Å²) in [6.45, 7) is 4.89. The van der Waals surface area contributed by atoms with Gasteiger partial charge in [-0.2, -0.15) is 9.29 Å². The van der Waals surface area contributed by atoms with Gasteiger partial charge in [0.05, 0.1) is 16.6 Å². The molecule has 1 aromatic carbocycles. The van der Waals surface area contributed by atoms with Crippen LogP contribution in [0.15, 0.2) is 27.5 Å². The number of fused-ring (bicyclic) bond motifs is 2. The summed E-state index contributed by atoms with van der Waals surface area (Å²) in [7, 11) is -3.78. The standard InChI is InChI=1S/C27H36N4O7S/c1-15(2)14-31(39(33,34)17-6-7-20-21(12-17)36-25(30-20)29-16-4-5-16)11-3-10-28-26(32)37-23-18-8-9-27(18)19-13-22(23)35-24(19)38-27/h6-7,12,15-16,18-19,22-24H,3-5,8-11,13-14H2,1-2H3,(H,28,32)(H,29,30). The molecule has 0 radical (unpaired) electrons. The molecule has 1 spiro atoms. The Kier molecular flexibility index (Phi) is 6.11. The van der Waals surface area contributed by atoms with Crippen LogP contribution in [0.25, 0.3) is 11.1 Å². The van der Waals surface area contributed by atoms with Crippen molar-refractivity contribution >= 4 is 33.2 Å². The number of hydrogen-bond donors (Lipinski definition) is 2. The predicted octanol–water partition coefficient (Wildman–Crippen LogP) is 3.46. The number of carbonyl (C=O) groups excluding carboxylic acids is 1. The van der Waals surface area contributed by atoms with Crippen molar-refractivity contribution in [1.29, 1.82) is 0 Å². The number of alkyl carbamates (subject to hydrolysis) is 1. The molecule has 12 heteroatoms. The summed E-state index contributed by atoms with van der Waals surface area (Å²) in [6.07, 6.45) is 4.51. The first-order valence-electron chi connectivity index (χ1n) is 14.2. The first-order valence-corrected chi connectivity index (χ1v) is 15.6. The summed E-state index contributed by atoms with van der Waals surface area (Å²) in [5, 5.41) is 6.02. The predicted molar refractivity (Wildman–Crippen MR) is 140 cm³/mol. The molecule has 6 unspecified atom stereocenters. The fourth-order valence-corrected chi connectivity index (χ4v) is 8.39. The molecule has 11 nitrogen and oxygen atoms in total. The van der Waals surface area contributed by atoms with Crippen molar-refractivity contribution in [3.8, 4) is 0 Å². The number of benzene rings is 1. The number of hydrogen-bond acceptors (Lipinski definition) is 9. The van der Waals surface area contributed by atoms with E-state index in [1.165, 1.54) is 4.31 Å². The molecule has 7 rings (SSSR count). The van der Waals surface area contributed by atoms with Gasteiger partial charge in [0, 0.05) is 43.6 Å². The number of oxazole rings is 1. The molecule has 5 fully saturated rings. The zero-order valence-corrected chi connectivity index (χ0v) is 23.1. The molecule has 3 aliphatic carbocycles. The van der Waals surface area contributed by atoms with Gasteiger partial charge in [-0.05, 0) is 56.6 Å². The Balaban J connectivity index is 0.956. The van der Waals surface area contributed by atoms with Gasteiger partial charge in [0.25, 0.3) is 6.01 Å². The molecular weight excluding hydrogens is 524 g/mol. The van der Waals surface area contributed by atoms with Crippen LogP contribution in [0.2, 0.25) is 0 Å². The molecule has 2 aliphatic heterocycles. The lowest BCUT2D eigenvalue weighted by Gasteiger charge is -2.63. The molecule has 3 heterocycles. The Bertz CT molecular complexity index is 1380. The van der Waals surface area contributed by atoms with Crippen LogP contribution in [-0.4, -0.2) is 73.6 Å². The normalized spacial score (nSPS) is 32.6. The fraction of sp³-hybridized carbons (Fsp3) is 0.704. The smallest absolute Gasteiger partial charge is 0.407 e. The van der Waals surface area contributed by atoms with Crippen LogP contribution >= 0.6 is 0 Å². The topological polar surface area (TPSA) is 132 Å². The maximum atomic E-state index is 13.6. The van der Waals surface area contributed by atoms with Gasteiger partial charge in [0.1, 0.15) is 11.6 Å². The lowest BCUT2D eigenvalue weighted by Crippen LogP contribution is -2.71. The second-order valence-electron chi connectivity index (χ2n) is 12.1. The molecule has 2 saturated heterocycles. The van der Waals surface area contributed by atoms with Gasteiger partial charge in [0.15, 0.2) is 11.9 Å². The van der Waals surface area contributed by atoms with Crippen LogP contribution in [0.3, 0.4) is 0 Å². The second-order valence-corrected chi connectivity index (χ2v) is 14.0. The van der Waals surface area contributed by atoms with Crippen LogP contribution in [0, 0.1) is 17.8 Å². The average molecular weight is 561 g/mol. The first kappa shape index (κ1) is 25.6. The van der Waals surface area contributed by atoms with Crippen molar-refractivity contribution in [2.45, 2.75) is 87.4 Å². The van der Waals surface area contributed by atoms with E-state index in [0.29, 0.717) is 48.6 Å². The number of nitrogens with zero attached hydrogens (tertiary/aromatic N) is 2. The molecule has 39 heavy (non-hydrogen) atoms. The molecule has 1 amide bonds. The minimum absolute atomic E-state index is 0.0966. The number of ether oxygens (including phenoxy) is 3. The van der Waals surface area contributed by atoms with Crippen LogP contribution in [-0.2, 0) is 24.2 Å². The monoisotopic (exact) mass is 560 g/mol. The zero-order chi connectivity index (χ0) is 26.9. The molecule has 6 atom stereocenters. The number of sulfonamides is 1. The van der Waals surface area contributed by atoms with Gasteiger partial charge in [-0.3, -0.25) is 0 Å². The third-order valence-corrected chi connectivity index (χ3v) is 10.8. The highest BCUT2D eigenvalue weighted by Gasteiger charge is 2.75. The minimum atomic E-state index is -3.78. The van der Waals surface area contributed by atoms with E-state index in [0.717, 1.165) is 32.1 Å². The number of rotatable bonds is 11. The molecule has 2 N–H and O–H groups in total. The van der Waals surface area contributed by atoms with E-state index in [4.69, 9.17) is 18.6 Å². The Labute approximate surface area is 228 Å². The van der Waals surface area contributed by atoms with Gasteiger partial charge in [-0.15, -0.1) is 0 Å². The van der Waals surface area contributed by atoms with Crippen LogP contribution in [0.4, 0.5) is 10.8 Å². The van der Waals surface area contributed by atoms with Crippen molar-refractivity contribution in [2.75, 3.05) is 25.0 Å². The van der Waals surface area contributed by atoms with Crippen LogP contribution in [0.5, 0.6) is 0 Å². The Morgan fingerprint density at radius 1 is 1.26 bits per heavy atom. The number of nitrogens with one attached hydrogen (secondary N) is 2. The molecule has 1 aromatic heterocycles. The summed E-state index contributed by atoms with van der Waals surface area (Å²) in [5.74, 6) is 0.787. The van der Waals surface area contributed by atoms with Crippen LogP contribution < -0.4 is 10.6 Å². The van der Waals surface area contributed by atoms with Crippen LogP contribution in [0.1, 0.15) is 52.4 Å². The molecular formula is C27H36N4O7S. The first-order chi connectivity index (χ1) is 18.7. The Morgan fingerprint density at radius 2 is 2.10 bits per heavy atom. The SMILES string of the molecule is CC(C)CN(CCCNC(=O)OC1C2CC3C(O2)OC32CCC12)S(=O)(=O)c1ccc2nc(NC3CC3)oc2c1. The van der Waals surface area contributed by atoms with E-state index in [1.807, 2.05) is 13.8 Å². The maximum absolute atomic E-state index is 13.6. The van der Waals surface area contributed by atoms with Crippen molar-refractivity contribution in [3.63, 3.8) is 0 Å². The van der Waals surface area contributed by atoms with E-state index in [9.17, 15) is 13.2 Å². The lowest BCUT2D eigenvalue weighted by atomic mass is 9.53. The highest BCUT2D eigenvalue weighted by atomic mass is 32.2. The molecule has 3 saturated carbocycles. The Hall–Kier alpha value is -2.41. The second kappa shape index (κ2) is 9.32. The summed E-state index contributed by atoms with van der Waals surface area (Å²) in [4.78, 5) is 17.2. The average Bonchev–Trinajstić information content (AvgIpc) is 3.50. The minimum Gasteiger partial charge on any atom is -0.443 e. The summed E-state index contributed by atoms with van der Waals surface area (Å²) >= 11 is 0. The fourth-order valence-electron chi connectivity index (χ4n) is 6.73. The number of amides is 1. The van der Waals surface area contributed by atoms with Crippen molar-refractivity contribution in [3.05, 3.63) is 18.2 Å². The number of aromatic nitrogens is 1. The molecule has 2 aromatic rings. The molecule has 212 valence electrons. The van der Waals surface area contributed by atoms with E-state index in [2.05, 4.69) is 15.6 Å². The van der Waals surface area contributed by atoms with E-state index in [-0.39, 0.29) is 47.4 Å². The van der Waals surface area contributed by atoms with E-state index >= 15 is 0 Å². The van der Waals surface area contributed by atoms with E-state index < -0.39 is 16.1 Å². The van der Waals surface area contributed by atoms with E-state index in [1.54, 1.807) is 18.2 Å². The lowest BCUT2D eigenvalue weighted by molar-refractivity contribution is -0.360. The third-order valence-electron chi connectivity index (χ3n) is 8.89. The van der Waals surface area contributed by atoms with Gasteiger partial charge in [-0.1, -0.05) is 13.8 Å². The van der Waals surface area contributed by atoms with Crippen molar-refractivity contribution in [1.82, 2.24) is 14.6 Å². The number of carbonyl (C=O) groups is 1. The maximum Gasteiger partial charge on any atom is 0.407 e. The van der Waals surface area contributed by atoms with Crippen molar-refractivity contribution < 1.29 is 31.8 Å². The highest BCUT2D eigenvalue weighted by molar-refractivity contribution is 7.89. The van der Waals surface area contributed by atoms with Gasteiger partial charge < -0.3 is 29.3 Å². The van der Waals surface area contributed by atoms with Gasteiger partial charge in [-0.25, -0.2) is 13.2 Å². The largest absolute Gasteiger partial charge is 0.443 e. The Morgan fingerprint density at radius 3 is 2.85 bits per heavy atom. The quantitative estimate of drug-likeness (QED) is 0.397. The van der Waals surface area contributed by atoms with Gasteiger partial charge in [0.2, 0.25) is 10.0 Å².